The van der Waals surface area contributed by atoms with Crippen molar-refractivity contribution < 1.29 is 79.7 Å². The molecular weight excluding hydrogens is 1270 g/mol. The van der Waals surface area contributed by atoms with Crippen molar-refractivity contribution in [1.82, 2.24) is 21.3 Å². The van der Waals surface area contributed by atoms with Gasteiger partial charge in [-0.3, -0.25) is 28.8 Å². The first-order chi connectivity index (χ1) is 46.6. The van der Waals surface area contributed by atoms with Gasteiger partial charge in [0.2, 0.25) is 11.8 Å². The van der Waals surface area contributed by atoms with Gasteiger partial charge in [0, 0.05) is 61.2 Å². The molecule has 0 aliphatic rings. The van der Waals surface area contributed by atoms with E-state index in [1.165, 1.54) is 110 Å². The molecule has 0 radical (unpaired) electrons. The highest BCUT2D eigenvalue weighted by Gasteiger charge is 2.28. The van der Waals surface area contributed by atoms with Crippen molar-refractivity contribution in [3.8, 4) is 0 Å². The third-order valence-electron chi connectivity index (χ3n) is 16.7. The highest BCUT2D eigenvalue weighted by Crippen LogP contribution is 2.25. The third-order valence-corrected chi connectivity index (χ3v) is 18.2. The van der Waals surface area contributed by atoms with Crippen LogP contribution in [-0.4, -0.2) is 132 Å². The lowest BCUT2D eigenvalue weighted by atomic mass is 10.0. The van der Waals surface area contributed by atoms with Crippen LogP contribution in [-0.2, 0) is 74.9 Å². The van der Waals surface area contributed by atoms with Crippen LogP contribution >= 0.6 is 16.5 Å². The van der Waals surface area contributed by atoms with Crippen molar-refractivity contribution in [2.24, 2.45) is 0 Å². The van der Waals surface area contributed by atoms with Crippen LogP contribution in [0.5, 0.6) is 0 Å². The number of carbonyl (C=O) groups excluding carboxylic acids is 7. The number of hydrogen-bond donors (Lipinski definition) is 4. The highest BCUT2D eigenvalue weighted by molar-refractivity contribution is 7.33. The minimum atomic E-state index is -2.71. The van der Waals surface area contributed by atoms with E-state index in [0.717, 1.165) is 141 Å². The number of carbonyl (C=O) groups is 7. The van der Waals surface area contributed by atoms with Gasteiger partial charge in [0.05, 0.1) is 51.4 Å². The lowest BCUT2D eigenvalue weighted by Gasteiger charge is -2.20. The molecular formula is C73H138N4O17P2+2. The minimum absolute atomic E-state index is 0.0275. The zero-order valence-corrected chi connectivity index (χ0v) is 63.0. The molecule has 6 atom stereocenters. The van der Waals surface area contributed by atoms with Crippen molar-refractivity contribution in [3.05, 3.63) is 0 Å². The van der Waals surface area contributed by atoms with Crippen molar-refractivity contribution in [2.45, 2.75) is 361 Å². The summed E-state index contributed by atoms with van der Waals surface area (Å²) >= 11 is 0. The molecule has 0 saturated carbocycles. The van der Waals surface area contributed by atoms with Gasteiger partial charge in [0.25, 0.3) is 0 Å². The largest absolute Gasteiger partial charge is 0.697 e. The van der Waals surface area contributed by atoms with E-state index >= 15 is 0 Å². The summed E-state index contributed by atoms with van der Waals surface area (Å²) in [5.41, 5.74) is 0. The van der Waals surface area contributed by atoms with Crippen LogP contribution < -0.4 is 21.3 Å². The molecule has 96 heavy (non-hydrogen) atoms. The van der Waals surface area contributed by atoms with Crippen molar-refractivity contribution >= 4 is 57.9 Å². The lowest BCUT2D eigenvalue weighted by Crippen LogP contribution is -2.42. The van der Waals surface area contributed by atoms with Crippen molar-refractivity contribution in [3.63, 3.8) is 0 Å². The highest BCUT2D eigenvalue weighted by atomic mass is 31.1. The first-order valence-electron chi connectivity index (χ1n) is 38.3. The number of esters is 2. The van der Waals surface area contributed by atoms with Crippen LogP contribution in [0.25, 0.3) is 0 Å². The number of Topliss-reactive ketones (excluding diaryl/α,β-unsaturated/α-hetero) is 2. The number of amides is 4. The monoisotopic (exact) mass is 1400 g/mol. The van der Waals surface area contributed by atoms with Crippen LogP contribution in [0.3, 0.4) is 0 Å². The van der Waals surface area contributed by atoms with E-state index in [-0.39, 0.29) is 114 Å². The van der Waals surface area contributed by atoms with Gasteiger partial charge in [-0.15, -0.1) is 18.1 Å². The van der Waals surface area contributed by atoms with E-state index in [9.17, 15) is 42.7 Å². The first kappa shape index (κ1) is 92.4. The fourth-order valence-electron chi connectivity index (χ4n) is 11.0. The Kier molecular flexibility index (Phi) is 67.3. The number of ether oxygens (including phenoxy) is 4. The smallest absolute Gasteiger partial charge is 0.462 e. The fourth-order valence-corrected chi connectivity index (χ4v) is 12.3. The average Bonchev–Trinajstić information content (AvgIpc) is 2.33. The topological polar surface area (TPSA) is 276 Å². The summed E-state index contributed by atoms with van der Waals surface area (Å²) in [6, 6.07) is -2.19. The van der Waals surface area contributed by atoms with Crippen LogP contribution in [0, 0.1) is 0 Å². The van der Waals surface area contributed by atoms with E-state index in [1.807, 2.05) is 0 Å². The minimum Gasteiger partial charge on any atom is -0.462 e. The van der Waals surface area contributed by atoms with Gasteiger partial charge in [-0.2, -0.15) is 0 Å². The summed E-state index contributed by atoms with van der Waals surface area (Å²) < 4.78 is 70.8. The van der Waals surface area contributed by atoms with Crippen molar-refractivity contribution in [1.29, 1.82) is 0 Å². The quantitative estimate of drug-likeness (QED) is 0.0191. The number of urea groups is 1. The molecule has 0 bridgehead atoms. The summed E-state index contributed by atoms with van der Waals surface area (Å²) in [5, 5.41) is 10.7. The Morgan fingerprint density at radius 3 is 1.00 bits per heavy atom. The van der Waals surface area contributed by atoms with Gasteiger partial charge in [-0.25, -0.2) is 4.79 Å². The molecule has 0 rings (SSSR count). The summed E-state index contributed by atoms with van der Waals surface area (Å²) in [6.07, 6.45) is 43.2. The molecule has 0 aromatic heterocycles. The summed E-state index contributed by atoms with van der Waals surface area (Å²) in [4.78, 5) is 89.3. The second-order valence-corrected chi connectivity index (χ2v) is 28.0. The summed E-state index contributed by atoms with van der Waals surface area (Å²) in [6.45, 7) is 11.7. The molecule has 0 aromatic carbocycles. The van der Waals surface area contributed by atoms with Crippen LogP contribution in [0.1, 0.15) is 337 Å². The normalized spacial score (nSPS) is 12.9. The Morgan fingerprint density at radius 2 is 0.656 bits per heavy atom. The zero-order valence-electron chi connectivity index (χ0n) is 61.2. The molecule has 0 saturated heterocycles. The van der Waals surface area contributed by atoms with E-state index in [1.54, 1.807) is 0 Å². The maximum absolute atomic E-state index is 13.2. The van der Waals surface area contributed by atoms with Gasteiger partial charge in [-0.1, -0.05) is 240 Å². The molecule has 560 valence electrons. The Bertz CT molecular complexity index is 1960. The number of nitrogens with one attached hydrogen (secondary N) is 4. The van der Waals surface area contributed by atoms with Crippen LogP contribution in [0.2, 0.25) is 0 Å². The predicted octanol–water partition coefficient (Wildman–Crippen LogP) is 17.7. The maximum Gasteiger partial charge on any atom is 0.697 e. The zero-order chi connectivity index (χ0) is 70.6. The molecule has 0 aliphatic heterocycles. The molecule has 2 unspecified atom stereocenters. The molecule has 23 heteroatoms. The van der Waals surface area contributed by atoms with Crippen LogP contribution in [0.15, 0.2) is 0 Å². The molecule has 4 N–H and O–H groups in total. The fraction of sp³-hybridized carbons (Fsp3) is 0.904. The van der Waals surface area contributed by atoms with E-state index < -0.39 is 46.4 Å². The predicted molar refractivity (Wildman–Crippen MR) is 382 cm³/mol. The molecule has 0 fully saturated rings. The third kappa shape index (κ3) is 65.1. The summed E-state index contributed by atoms with van der Waals surface area (Å²) in [7, 11) is -5.41. The Morgan fingerprint density at radius 1 is 0.344 bits per heavy atom. The Hall–Kier alpha value is -3.55. The van der Waals surface area contributed by atoms with Gasteiger partial charge < -0.3 is 40.2 Å². The standard InChI is InChI=1S/C73H136N4O17P2/c1-7-12-17-22-25-28-31-36-39-44-66(79)57-70(81)76-64(59-87-53-49-68(93-63(6)78)46-41-34-20-15-10-4)61-91-95(85)89-55-51-74-73(84)75-52-56-90-96(86)92-62-65(77-71(82)58-67(80)45-40-37-32-29-26-23-18-13-8-2)60-88-54-50-69(47-42-35-21-16-11-5)94-72(83)48-43-38-33-30-27-24-19-14-9-3/h64-65,68-69H,7-62H2,1-6H3,(H2-2,74,75,76,77,81,82,84)/p+2/t64-,65-,68-,69-/m1/s1. The molecule has 0 aromatic rings. The average molecular weight is 1410 g/mol. The number of hydrogen-bond acceptors (Lipinski definition) is 17. The lowest BCUT2D eigenvalue weighted by molar-refractivity contribution is -0.151. The van der Waals surface area contributed by atoms with Gasteiger partial charge >= 0.3 is 34.5 Å². The first-order valence-corrected chi connectivity index (χ1v) is 40.5. The van der Waals surface area contributed by atoms with Gasteiger partial charge in [-0.05, 0) is 44.9 Å². The molecule has 21 nitrogen and oxygen atoms in total. The number of rotatable bonds is 74. The SMILES string of the molecule is CCCCCCCCCCCC(=O)CC(=O)N[C@H](COCC[C@@H](CCCCCCC)OC(C)=O)CO[P+](=O)OCCNC(=O)NCCO[P+](=O)OC[C@@H](COCC[C@@H](CCCCCCC)OC(=O)CCCCCCCCCCC)NC(=O)CC(=O)CCCCCCCCCCC. The molecule has 4 amide bonds. The Labute approximate surface area is 583 Å². The van der Waals surface area contributed by atoms with Crippen molar-refractivity contribution in [2.75, 3.05) is 65.9 Å². The van der Waals surface area contributed by atoms with E-state index in [2.05, 4.69) is 55.9 Å². The second kappa shape index (κ2) is 69.9. The maximum atomic E-state index is 13.2. The van der Waals surface area contributed by atoms with E-state index in [4.69, 9.17) is 37.0 Å². The van der Waals surface area contributed by atoms with Gasteiger partial charge in [0.1, 0.15) is 50.2 Å². The van der Waals surface area contributed by atoms with Gasteiger partial charge in [0.15, 0.2) is 0 Å². The Balaban J connectivity index is 5.33. The second-order valence-electron chi connectivity index (χ2n) is 26.1. The summed E-state index contributed by atoms with van der Waals surface area (Å²) in [5.74, 6) is -1.90. The number of ketones is 2. The molecule has 0 spiro atoms. The number of unbranched alkanes of at least 4 members (excludes halogenated alkanes) is 32. The van der Waals surface area contributed by atoms with E-state index in [0.29, 0.717) is 38.5 Å². The molecule has 0 aliphatic carbocycles. The molecule has 0 heterocycles. The van der Waals surface area contributed by atoms with Crippen LogP contribution in [0.4, 0.5) is 4.79 Å².